The van der Waals surface area contributed by atoms with Gasteiger partial charge in [-0.15, -0.1) is 0 Å². The van der Waals surface area contributed by atoms with Crippen LogP contribution in [0.4, 0.5) is 4.39 Å². The summed E-state index contributed by atoms with van der Waals surface area (Å²) >= 11 is 0. The van der Waals surface area contributed by atoms with Gasteiger partial charge in [0, 0.05) is 6.07 Å². The summed E-state index contributed by atoms with van der Waals surface area (Å²) in [6.45, 7) is 3.72. The van der Waals surface area contributed by atoms with Gasteiger partial charge in [-0.2, -0.15) is 0 Å². The smallest absolute Gasteiger partial charge is 0.342 e. The molecule has 2 aromatic rings. The predicted molar refractivity (Wildman–Crippen MR) is 90.5 cm³/mol. The lowest BCUT2D eigenvalue weighted by Crippen LogP contribution is -2.08. The van der Waals surface area contributed by atoms with Crippen molar-refractivity contribution < 1.29 is 23.8 Å². The van der Waals surface area contributed by atoms with Gasteiger partial charge < -0.3 is 14.6 Å². The van der Waals surface area contributed by atoms with Gasteiger partial charge in [-0.3, -0.25) is 0 Å². The highest BCUT2D eigenvalue weighted by molar-refractivity contribution is 5.98. The topological polar surface area (TPSA) is 55.8 Å². The van der Waals surface area contributed by atoms with Crippen molar-refractivity contribution in [3.05, 3.63) is 58.9 Å². The molecule has 0 radical (unpaired) electrons. The van der Waals surface area contributed by atoms with Crippen molar-refractivity contribution >= 4 is 18.1 Å². The minimum Gasteiger partial charge on any atom is -0.507 e. The first-order valence-corrected chi connectivity index (χ1v) is 7.46. The summed E-state index contributed by atoms with van der Waals surface area (Å²) in [5.74, 6) is -0.762. The molecule has 0 aliphatic carbocycles. The number of halogens is 1. The Bertz CT molecular complexity index is 749. The molecule has 0 spiro atoms. The second kappa shape index (κ2) is 7.64. The molecule has 126 valence electrons. The number of aromatic hydroxyl groups is 1. The molecular formula is C19H19FO4. The van der Waals surface area contributed by atoms with Gasteiger partial charge in [-0.1, -0.05) is 24.3 Å². The fraction of sp³-hybridized carbons (Fsp3) is 0.211. The summed E-state index contributed by atoms with van der Waals surface area (Å²) in [4.78, 5) is 11.9. The van der Waals surface area contributed by atoms with Crippen molar-refractivity contribution in [3.8, 4) is 11.5 Å². The molecule has 0 aromatic heterocycles. The van der Waals surface area contributed by atoms with E-state index in [0.717, 1.165) is 5.56 Å². The van der Waals surface area contributed by atoms with Crippen LogP contribution in [0.25, 0.3) is 12.2 Å². The molecule has 0 saturated carbocycles. The largest absolute Gasteiger partial charge is 0.507 e. The molecule has 5 heteroatoms. The van der Waals surface area contributed by atoms with Gasteiger partial charge in [0.2, 0.25) is 0 Å². The van der Waals surface area contributed by atoms with Gasteiger partial charge >= 0.3 is 5.97 Å². The molecule has 0 bridgehead atoms. The van der Waals surface area contributed by atoms with Crippen molar-refractivity contribution in [2.75, 3.05) is 7.11 Å². The van der Waals surface area contributed by atoms with Gasteiger partial charge in [0.15, 0.2) is 0 Å². The molecule has 0 saturated heterocycles. The second-order valence-electron chi connectivity index (χ2n) is 5.45. The Morgan fingerprint density at radius 3 is 2.42 bits per heavy atom. The van der Waals surface area contributed by atoms with Crippen molar-refractivity contribution in [1.29, 1.82) is 0 Å². The second-order valence-corrected chi connectivity index (χ2v) is 5.45. The van der Waals surface area contributed by atoms with Crippen LogP contribution in [0.15, 0.2) is 36.4 Å². The fourth-order valence-corrected chi connectivity index (χ4v) is 2.18. The number of carbonyl (C=O) groups excluding carboxylic acids is 1. The number of carbonyl (C=O) groups is 1. The maximum atomic E-state index is 13.0. The Hall–Kier alpha value is -2.82. The molecule has 0 fully saturated rings. The molecule has 24 heavy (non-hydrogen) atoms. The quantitative estimate of drug-likeness (QED) is 0.657. The van der Waals surface area contributed by atoms with Gasteiger partial charge in [-0.25, -0.2) is 9.18 Å². The van der Waals surface area contributed by atoms with Gasteiger partial charge in [0.25, 0.3) is 0 Å². The highest BCUT2D eigenvalue weighted by atomic mass is 19.1. The van der Waals surface area contributed by atoms with E-state index in [1.165, 1.54) is 25.3 Å². The average Bonchev–Trinajstić information content (AvgIpc) is 2.52. The number of ether oxygens (including phenoxy) is 2. The molecule has 0 aliphatic rings. The number of methoxy groups -OCH3 is 1. The van der Waals surface area contributed by atoms with Crippen molar-refractivity contribution in [3.63, 3.8) is 0 Å². The third-order valence-corrected chi connectivity index (χ3v) is 3.21. The number of phenols is 1. The highest BCUT2D eigenvalue weighted by Crippen LogP contribution is 2.30. The van der Waals surface area contributed by atoms with Crippen LogP contribution in [-0.4, -0.2) is 24.3 Å². The van der Waals surface area contributed by atoms with Crippen molar-refractivity contribution in [2.24, 2.45) is 0 Å². The first-order valence-electron chi connectivity index (χ1n) is 7.46. The van der Waals surface area contributed by atoms with Crippen LogP contribution in [0.5, 0.6) is 11.5 Å². The first-order chi connectivity index (χ1) is 11.4. The van der Waals surface area contributed by atoms with E-state index >= 15 is 0 Å². The van der Waals surface area contributed by atoms with Gasteiger partial charge in [0.1, 0.15) is 22.9 Å². The summed E-state index contributed by atoms with van der Waals surface area (Å²) in [7, 11) is 1.24. The van der Waals surface area contributed by atoms with E-state index < -0.39 is 5.97 Å². The molecule has 0 heterocycles. The molecular weight excluding hydrogens is 311 g/mol. The predicted octanol–water partition coefficient (Wildman–Crippen LogP) is 4.28. The van der Waals surface area contributed by atoms with Crippen molar-refractivity contribution in [2.45, 2.75) is 20.0 Å². The van der Waals surface area contributed by atoms with Crippen LogP contribution in [0.3, 0.4) is 0 Å². The van der Waals surface area contributed by atoms with E-state index in [9.17, 15) is 14.3 Å². The van der Waals surface area contributed by atoms with Crippen molar-refractivity contribution in [1.82, 2.24) is 0 Å². The molecule has 2 rings (SSSR count). The number of rotatable bonds is 5. The minimum absolute atomic E-state index is 0.0481. The minimum atomic E-state index is -0.651. The Labute approximate surface area is 140 Å². The fourth-order valence-electron chi connectivity index (χ4n) is 2.18. The van der Waals surface area contributed by atoms with E-state index in [4.69, 9.17) is 9.47 Å². The van der Waals surface area contributed by atoms with Crippen LogP contribution in [-0.2, 0) is 4.74 Å². The summed E-state index contributed by atoms with van der Waals surface area (Å²) < 4.78 is 23.3. The monoisotopic (exact) mass is 330 g/mol. The van der Waals surface area contributed by atoms with Crippen LogP contribution in [0, 0.1) is 5.82 Å². The number of benzene rings is 2. The highest BCUT2D eigenvalue weighted by Gasteiger charge is 2.18. The molecule has 0 aliphatic heterocycles. The van der Waals surface area contributed by atoms with Crippen LogP contribution in [0.1, 0.15) is 35.3 Å². The SMILES string of the molecule is COC(=O)c1c(O)cc(OC(C)C)cc1/C=C/c1ccc(F)cc1. The Balaban J connectivity index is 2.45. The van der Waals surface area contributed by atoms with Gasteiger partial charge in [-0.05, 0) is 43.2 Å². The van der Waals surface area contributed by atoms with Gasteiger partial charge in [0.05, 0.1) is 13.2 Å². The number of hydrogen-bond donors (Lipinski definition) is 1. The number of phenolic OH excluding ortho intramolecular Hbond substituents is 1. The third-order valence-electron chi connectivity index (χ3n) is 3.21. The Morgan fingerprint density at radius 2 is 1.83 bits per heavy atom. The number of esters is 1. The molecule has 4 nitrogen and oxygen atoms in total. The van der Waals surface area contributed by atoms with E-state index in [1.54, 1.807) is 30.4 Å². The number of hydrogen-bond acceptors (Lipinski definition) is 4. The summed E-state index contributed by atoms with van der Waals surface area (Å²) in [6, 6.07) is 8.93. The maximum Gasteiger partial charge on any atom is 0.342 e. The zero-order valence-electron chi connectivity index (χ0n) is 13.7. The molecule has 2 aromatic carbocycles. The van der Waals surface area contributed by atoms with E-state index in [2.05, 4.69) is 0 Å². The molecule has 1 N–H and O–H groups in total. The third kappa shape index (κ3) is 4.35. The summed E-state index contributed by atoms with van der Waals surface area (Å²) in [5, 5.41) is 10.2. The maximum absolute atomic E-state index is 13.0. The summed E-state index contributed by atoms with van der Waals surface area (Å²) in [5.41, 5.74) is 1.25. The van der Waals surface area contributed by atoms with E-state index in [0.29, 0.717) is 11.3 Å². The van der Waals surface area contributed by atoms with Crippen LogP contribution < -0.4 is 4.74 Å². The van der Waals surface area contributed by atoms with E-state index in [-0.39, 0.29) is 23.2 Å². The lowest BCUT2D eigenvalue weighted by Gasteiger charge is -2.13. The standard InChI is InChI=1S/C19H19FO4/c1-12(2)24-16-10-14(18(17(21)11-16)19(22)23-3)7-4-13-5-8-15(20)9-6-13/h4-12,21H,1-3H3/b7-4+. The zero-order chi connectivity index (χ0) is 17.7. The van der Waals surface area contributed by atoms with E-state index in [1.807, 2.05) is 13.8 Å². The van der Waals surface area contributed by atoms with Crippen LogP contribution in [0.2, 0.25) is 0 Å². The molecule has 0 atom stereocenters. The summed E-state index contributed by atoms with van der Waals surface area (Å²) in [6.07, 6.45) is 3.27. The average molecular weight is 330 g/mol. The first kappa shape index (κ1) is 17.5. The normalized spacial score (nSPS) is 11.0. The Morgan fingerprint density at radius 1 is 1.17 bits per heavy atom. The molecule has 0 amide bonds. The Kier molecular flexibility index (Phi) is 5.58. The lowest BCUT2D eigenvalue weighted by molar-refractivity contribution is 0.0597. The zero-order valence-corrected chi connectivity index (χ0v) is 13.7. The lowest BCUT2D eigenvalue weighted by atomic mass is 10.0. The van der Waals surface area contributed by atoms with Crippen LogP contribution >= 0.6 is 0 Å². The molecule has 0 unspecified atom stereocenters.